The minimum Gasteiger partial charge on any atom is -0.361 e. The van der Waals surface area contributed by atoms with Gasteiger partial charge in [-0.15, -0.1) is 0 Å². The third-order valence-corrected chi connectivity index (χ3v) is 2.81. The normalized spacial score (nSPS) is 19.5. The second-order valence-corrected chi connectivity index (χ2v) is 4.04. The molecule has 0 radical (unpaired) electrons. The smallest absolute Gasteiger partial charge is 0.361 e. The van der Waals surface area contributed by atoms with E-state index in [0.717, 1.165) is 4.90 Å². The van der Waals surface area contributed by atoms with E-state index in [2.05, 4.69) is 4.79 Å². The van der Waals surface area contributed by atoms with E-state index >= 15 is 0 Å². The number of hydrogen-bond acceptors (Lipinski definition) is 2. The Morgan fingerprint density at radius 3 is 2.67 bits per heavy atom. The monoisotopic (exact) mass is 263 g/mol. The summed E-state index contributed by atoms with van der Waals surface area (Å²) in [6.45, 7) is 0.0608. The van der Waals surface area contributed by atoms with Crippen LogP contribution in [-0.4, -0.2) is 46.4 Å². The van der Waals surface area contributed by atoms with Crippen molar-refractivity contribution in [2.24, 2.45) is 0 Å². The van der Waals surface area contributed by atoms with Gasteiger partial charge >= 0.3 is 18.3 Å². The van der Waals surface area contributed by atoms with E-state index in [1.54, 1.807) is 0 Å². The fraction of sp³-hybridized carbons (Fsp3) is 0.700. The fourth-order valence-electron chi connectivity index (χ4n) is 2.00. The number of likely N-dealkylation sites (tertiary alicyclic amines) is 1. The second kappa shape index (κ2) is 5.77. The largest absolute Gasteiger partial charge is 0.471 e. The van der Waals surface area contributed by atoms with Crippen molar-refractivity contribution in [3.63, 3.8) is 0 Å². The number of carbonyl (C=O) groups excluding carboxylic acids is 2. The molecule has 0 saturated carbocycles. The third kappa shape index (κ3) is 3.66. The van der Waals surface area contributed by atoms with Crippen LogP contribution in [0, 0.1) is 0 Å². The van der Waals surface area contributed by atoms with Gasteiger partial charge in [-0.2, -0.15) is 18.0 Å². The highest BCUT2D eigenvalue weighted by molar-refractivity contribution is 6.25. The molecule has 0 bridgehead atoms. The van der Waals surface area contributed by atoms with Crippen molar-refractivity contribution in [1.29, 1.82) is 0 Å². The molecule has 0 aromatic heterocycles. The molecule has 1 amide bonds. The maximum Gasteiger partial charge on any atom is 0.471 e. The average Bonchev–Trinajstić information content (AvgIpc) is 2.72. The highest BCUT2D eigenvalue weighted by Gasteiger charge is 2.45. The highest BCUT2D eigenvalue weighted by Crippen LogP contribution is 2.27. The summed E-state index contributed by atoms with van der Waals surface area (Å²) in [6.07, 6.45) is -3.13. The molecule has 0 aromatic carbocycles. The van der Waals surface area contributed by atoms with Gasteiger partial charge in [0.05, 0.1) is 0 Å². The first kappa shape index (κ1) is 14.4. The number of halogens is 3. The number of carbonyl (C=O) groups is 2. The molecule has 1 saturated heterocycles. The number of alkyl halides is 3. The molecule has 0 N–H and O–H groups in total. The van der Waals surface area contributed by atoms with Gasteiger partial charge in [0.2, 0.25) is 5.78 Å². The summed E-state index contributed by atoms with van der Waals surface area (Å²) in [5.41, 5.74) is 8.11. The van der Waals surface area contributed by atoms with E-state index in [0.29, 0.717) is 19.1 Å². The van der Waals surface area contributed by atoms with Crippen molar-refractivity contribution < 1.29 is 27.6 Å². The van der Waals surface area contributed by atoms with Gasteiger partial charge in [-0.05, 0) is 19.3 Å². The average molecular weight is 263 g/mol. The molecule has 1 aliphatic heterocycles. The van der Waals surface area contributed by atoms with Gasteiger partial charge in [-0.3, -0.25) is 9.59 Å². The minimum atomic E-state index is -4.88. The quantitative estimate of drug-likeness (QED) is 0.434. The van der Waals surface area contributed by atoms with Gasteiger partial charge in [-0.25, -0.2) is 0 Å². The van der Waals surface area contributed by atoms with E-state index < -0.39 is 23.9 Å². The van der Waals surface area contributed by atoms with Gasteiger partial charge < -0.3 is 10.4 Å². The first-order valence-electron chi connectivity index (χ1n) is 5.44. The van der Waals surface area contributed by atoms with Crippen LogP contribution in [0.2, 0.25) is 0 Å². The van der Waals surface area contributed by atoms with Crippen molar-refractivity contribution in [3.8, 4) is 0 Å². The number of ketones is 1. The summed E-state index contributed by atoms with van der Waals surface area (Å²) < 4.78 is 36.8. The first-order chi connectivity index (χ1) is 8.36. The molecule has 1 aliphatic rings. The summed E-state index contributed by atoms with van der Waals surface area (Å²) in [4.78, 5) is 25.4. The van der Waals surface area contributed by atoms with E-state index in [9.17, 15) is 22.8 Å². The Morgan fingerprint density at radius 1 is 1.44 bits per heavy atom. The third-order valence-electron chi connectivity index (χ3n) is 2.81. The zero-order valence-electron chi connectivity index (χ0n) is 9.48. The summed E-state index contributed by atoms with van der Waals surface area (Å²) in [6, 6.07) is -0.574. The standard InChI is InChI=1S/C10H12F3N3O2/c11-10(12,13)9(18)16-5-1-2-7(16)3-4-8(17)6-15-14/h6-7H,1-5H2/t7-/m0/s1. The lowest BCUT2D eigenvalue weighted by Gasteiger charge is -2.25. The lowest BCUT2D eigenvalue weighted by molar-refractivity contribution is -0.186. The zero-order chi connectivity index (χ0) is 13.8. The van der Waals surface area contributed by atoms with Crippen LogP contribution in [0.3, 0.4) is 0 Å². The molecule has 1 heterocycles. The maximum absolute atomic E-state index is 12.3. The van der Waals surface area contributed by atoms with Crippen LogP contribution in [0.15, 0.2) is 0 Å². The van der Waals surface area contributed by atoms with Gasteiger partial charge in [0.25, 0.3) is 0 Å². The molecule has 1 rings (SSSR count). The van der Waals surface area contributed by atoms with Gasteiger partial charge in [0.1, 0.15) is 0 Å². The van der Waals surface area contributed by atoms with Crippen molar-refractivity contribution in [3.05, 3.63) is 5.53 Å². The van der Waals surface area contributed by atoms with E-state index in [1.807, 2.05) is 0 Å². The number of nitrogens with zero attached hydrogens (tertiary/aromatic N) is 3. The van der Waals surface area contributed by atoms with Gasteiger partial charge in [0.15, 0.2) is 0 Å². The van der Waals surface area contributed by atoms with Crippen molar-refractivity contribution in [2.45, 2.75) is 37.9 Å². The SMILES string of the molecule is [N-]=[N+]=CC(=O)CC[C@@H]1CCCN1C(=O)C(F)(F)F. The highest BCUT2D eigenvalue weighted by atomic mass is 19.4. The second-order valence-electron chi connectivity index (χ2n) is 4.04. The number of Topliss-reactive ketones (excluding diaryl/α,β-unsaturated/α-hetero) is 1. The van der Waals surface area contributed by atoms with Crippen molar-refractivity contribution in [2.75, 3.05) is 6.54 Å². The molecule has 18 heavy (non-hydrogen) atoms. The predicted molar refractivity (Wildman–Crippen MR) is 54.7 cm³/mol. The first-order valence-corrected chi connectivity index (χ1v) is 5.44. The topological polar surface area (TPSA) is 73.8 Å². The van der Waals surface area contributed by atoms with Crippen LogP contribution in [-0.2, 0) is 9.59 Å². The Kier molecular flexibility index (Phi) is 4.61. The lowest BCUT2D eigenvalue weighted by atomic mass is 10.1. The molecular weight excluding hydrogens is 251 g/mol. The molecule has 0 spiro atoms. The molecule has 0 unspecified atom stereocenters. The molecular formula is C10H12F3N3O2. The molecule has 5 nitrogen and oxygen atoms in total. The van der Waals surface area contributed by atoms with Crippen molar-refractivity contribution >= 4 is 17.9 Å². The molecule has 0 aliphatic carbocycles. The molecule has 0 aromatic rings. The van der Waals surface area contributed by atoms with Crippen LogP contribution >= 0.6 is 0 Å². The Labute approximate surface area is 101 Å². The van der Waals surface area contributed by atoms with Gasteiger partial charge in [0, 0.05) is 19.0 Å². The Morgan fingerprint density at radius 2 is 2.11 bits per heavy atom. The Hall–Kier alpha value is -1.69. The summed E-state index contributed by atoms with van der Waals surface area (Å²) in [5.74, 6) is -2.34. The van der Waals surface area contributed by atoms with Crippen LogP contribution in [0.25, 0.3) is 5.53 Å². The van der Waals surface area contributed by atoms with Crippen LogP contribution in [0.1, 0.15) is 25.7 Å². The molecule has 100 valence electrons. The molecule has 1 fully saturated rings. The number of rotatable bonds is 4. The molecule has 8 heteroatoms. The minimum absolute atomic E-state index is 0.0453. The maximum atomic E-state index is 12.3. The Balaban J connectivity index is 2.58. The predicted octanol–water partition coefficient (Wildman–Crippen LogP) is 1.19. The van der Waals surface area contributed by atoms with Crippen LogP contribution < -0.4 is 0 Å². The number of hydrogen-bond donors (Lipinski definition) is 0. The van der Waals surface area contributed by atoms with E-state index in [4.69, 9.17) is 5.53 Å². The van der Waals surface area contributed by atoms with Crippen molar-refractivity contribution in [1.82, 2.24) is 4.90 Å². The zero-order valence-corrected chi connectivity index (χ0v) is 9.48. The van der Waals surface area contributed by atoms with E-state index in [-0.39, 0.29) is 19.4 Å². The summed E-state index contributed by atoms with van der Waals surface area (Å²) in [5, 5.41) is 0. The summed E-state index contributed by atoms with van der Waals surface area (Å²) in [7, 11) is 0. The Bertz CT molecular complexity index is 388. The fourth-order valence-corrected chi connectivity index (χ4v) is 2.00. The van der Waals surface area contributed by atoms with Crippen LogP contribution in [0.5, 0.6) is 0 Å². The van der Waals surface area contributed by atoms with Crippen LogP contribution in [0.4, 0.5) is 13.2 Å². The summed E-state index contributed by atoms with van der Waals surface area (Å²) >= 11 is 0. The lowest BCUT2D eigenvalue weighted by Crippen LogP contribution is -2.43. The number of amides is 1. The van der Waals surface area contributed by atoms with Gasteiger partial charge in [-0.1, -0.05) is 0 Å². The van der Waals surface area contributed by atoms with E-state index in [1.165, 1.54) is 0 Å². The molecule has 1 atom stereocenters.